The van der Waals surface area contributed by atoms with E-state index >= 15 is 0 Å². The van der Waals surface area contributed by atoms with E-state index in [2.05, 4.69) is 26.1 Å². The largest absolute Gasteiger partial charge is 0.349 e. The third-order valence-electron chi connectivity index (χ3n) is 3.20. The number of amides is 2. The van der Waals surface area contributed by atoms with Gasteiger partial charge in [-0.3, -0.25) is 9.59 Å². The highest BCUT2D eigenvalue weighted by atomic mass is 16.2. The maximum Gasteiger partial charge on any atom is 0.271 e. The maximum absolute atomic E-state index is 12.0. The fourth-order valence-corrected chi connectivity index (χ4v) is 2.03. The zero-order valence-electron chi connectivity index (χ0n) is 14.5. The van der Waals surface area contributed by atoms with Gasteiger partial charge in [-0.25, -0.2) is 0 Å². The van der Waals surface area contributed by atoms with Gasteiger partial charge in [-0.2, -0.15) is 0 Å². The summed E-state index contributed by atoms with van der Waals surface area (Å²) in [5, 5.41) is 16.5. The van der Waals surface area contributed by atoms with Crippen molar-refractivity contribution in [1.29, 1.82) is 0 Å². The molecule has 2 aromatic rings. The molecule has 0 aliphatic rings. The summed E-state index contributed by atoms with van der Waals surface area (Å²) in [5.41, 5.74) is 1.70. The molecule has 0 spiro atoms. The van der Waals surface area contributed by atoms with Crippen LogP contribution >= 0.6 is 0 Å². The second kappa shape index (κ2) is 8.74. The minimum absolute atomic E-state index is 0.137. The summed E-state index contributed by atoms with van der Waals surface area (Å²) in [6, 6.07) is 10.5. The monoisotopic (exact) mass is 342 g/mol. The fraction of sp³-hybridized carbons (Fsp3) is 0.294. The third-order valence-corrected chi connectivity index (χ3v) is 3.20. The van der Waals surface area contributed by atoms with Crippen molar-refractivity contribution in [2.24, 2.45) is 0 Å². The van der Waals surface area contributed by atoms with Crippen LogP contribution in [0.2, 0.25) is 0 Å². The average Bonchev–Trinajstić information content (AvgIpc) is 2.55. The lowest BCUT2D eigenvalue weighted by atomic mass is 10.2. The fourth-order valence-electron chi connectivity index (χ4n) is 2.03. The molecular formula is C17H22N6O2. The van der Waals surface area contributed by atoms with Crippen LogP contribution in [-0.2, 0) is 4.79 Å². The van der Waals surface area contributed by atoms with Gasteiger partial charge in [0, 0.05) is 31.4 Å². The van der Waals surface area contributed by atoms with Gasteiger partial charge in [0.1, 0.15) is 0 Å². The van der Waals surface area contributed by atoms with E-state index in [4.69, 9.17) is 0 Å². The first-order valence-corrected chi connectivity index (χ1v) is 7.85. The van der Waals surface area contributed by atoms with E-state index < -0.39 is 0 Å². The quantitative estimate of drug-likeness (QED) is 0.705. The molecule has 0 aliphatic carbocycles. The molecule has 1 aromatic carbocycles. The molecule has 0 saturated carbocycles. The van der Waals surface area contributed by atoms with E-state index in [9.17, 15) is 9.59 Å². The summed E-state index contributed by atoms with van der Waals surface area (Å²) >= 11 is 0. The van der Waals surface area contributed by atoms with Gasteiger partial charge < -0.3 is 20.9 Å². The number of carbonyl (C=O) groups excluding carboxylic acids is 2. The standard InChI is InChI=1S/C17H22N6O2/c1-12(24)19-13-5-4-6-14(11-13)20-16-8-7-15(21-22-16)17(25)18-9-10-23(2)3/h4-8,11H,9-10H2,1-3H3,(H,18,25)(H,19,24)(H,20,22). The highest BCUT2D eigenvalue weighted by Gasteiger charge is 2.08. The Morgan fingerprint density at radius 3 is 2.48 bits per heavy atom. The average molecular weight is 342 g/mol. The molecule has 25 heavy (non-hydrogen) atoms. The Morgan fingerprint density at radius 2 is 1.84 bits per heavy atom. The van der Waals surface area contributed by atoms with E-state index in [1.54, 1.807) is 24.3 Å². The van der Waals surface area contributed by atoms with E-state index in [0.717, 1.165) is 12.2 Å². The Kier molecular flexibility index (Phi) is 6.41. The van der Waals surface area contributed by atoms with Gasteiger partial charge in [-0.15, -0.1) is 10.2 Å². The summed E-state index contributed by atoms with van der Waals surface area (Å²) in [6.45, 7) is 2.75. The van der Waals surface area contributed by atoms with Crippen LogP contribution < -0.4 is 16.0 Å². The van der Waals surface area contributed by atoms with Crippen molar-refractivity contribution < 1.29 is 9.59 Å². The van der Waals surface area contributed by atoms with Crippen LogP contribution in [0.15, 0.2) is 36.4 Å². The van der Waals surface area contributed by atoms with Gasteiger partial charge in [0.2, 0.25) is 5.91 Å². The SMILES string of the molecule is CC(=O)Nc1cccc(Nc2ccc(C(=O)NCCN(C)C)nn2)c1. The van der Waals surface area contributed by atoms with Crippen LogP contribution in [0.4, 0.5) is 17.2 Å². The van der Waals surface area contributed by atoms with E-state index in [1.165, 1.54) is 6.92 Å². The molecule has 0 aliphatic heterocycles. The number of anilines is 3. The third kappa shape index (κ3) is 6.19. The summed E-state index contributed by atoms with van der Waals surface area (Å²) < 4.78 is 0. The summed E-state index contributed by atoms with van der Waals surface area (Å²) in [5.74, 6) is 0.111. The summed E-state index contributed by atoms with van der Waals surface area (Å²) in [6.07, 6.45) is 0. The van der Waals surface area contributed by atoms with Crippen molar-refractivity contribution in [2.75, 3.05) is 37.8 Å². The van der Waals surface area contributed by atoms with Crippen molar-refractivity contribution in [2.45, 2.75) is 6.92 Å². The number of benzene rings is 1. The van der Waals surface area contributed by atoms with E-state index in [1.807, 2.05) is 31.1 Å². The molecule has 2 amide bonds. The summed E-state index contributed by atoms with van der Waals surface area (Å²) in [4.78, 5) is 25.0. The van der Waals surface area contributed by atoms with E-state index in [-0.39, 0.29) is 17.5 Å². The van der Waals surface area contributed by atoms with Gasteiger partial charge in [0.25, 0.3) is 5.91 Å². The van der Waals surface area contributed by atoms with Gasteiger partial charge in [-0.05, 0) is 44.4 Å². The Morgan fingerprint density at radius 1 is 1.08 bits per heavy atom. The van der Waals surface area contributed by atoms with Gasteiger partial charge >= 0.3 is 0 Å². The van der Waals surface area contributed by atoms with Crippen molar-refractivity contribution in [1.82, 2.24) is 20.4 Å². The molecule has 1 aromatic heterocycles. The minimum Gasteiger partial charge on any atom is -0.349 e. The van der Waals surface area contributed by atoms with Gasteiger partial charge in [-0.1, -0.05) is 6.07 Å². The molecule has 0 saturated heterocycles. The van der Waals surface area contributed by atoms with Crippen molar-refractivity contribution in [3.63, 3.8) is 0 Å². The molecule has 132 valence electrons. The van der Waals surface area contributed by atoms with Crippen molar-refractivity contribution >= 4 is 29.0 Å². The number of hydrogen-bond acceptors (Lipinski definition) is 6. The molecule has 0 fully saturated rings. The first kappa shape index (κ1) is 18.3. The molecule has 0 bridgehead atoms. The predicted octanol–water partition coefficient (Wildman–Crippen LogP) is 1.47. The molecule has 3 N–H and O–H groups in total. The molecular weight excluding hydrogens is 320 g/mol. The number of nitrogens with one attached hydrogen (secondary N) is 3. The Bertz CT molecular complexity index is 730. The zero-order valence-corrected chi connectivity index (χ0v) is 14.5. The lowest BCUT2D eigenvalue weighted by molar-refractivity contribution is -0.114. The number of likely N-dealkylation sites (N-methyl/N-ethyl adjacent to an activating group) is 1. The molecule has 2 rings (SSSR count). The zero-order chi connectivity index (χ0) is 18.2. The second-order valence-corrected chi connectivity index (χ2v) is 5.75. The maximum atomic E-state index is 12.0. The van der Waals surface area contributed by atoms with Gasteiger partial charge in [0.15, 0.2) is 11.5 Å². The minimum atomic E-state index is -0.256. The lowest BCUT2D eigenvalue weighted by Crippen LogP contribution is -2.31. The number of nitrogens with zero attached hydrogens (tertiary/aromatic N) is 3. The van der Waals surface area contributed by atoms with Gasteiger partial charge in [0.05, 0.1) is 0 Å². The van der Waals surface area contributed by atoms with Crippen LogP contribution in [0.25, 0.3) is 0 Å². The Labute approximate surface area is 146 Å². The van der Waals surface area contributed by atoms with Crippen LogP contribution in [-0.4, -0.2) is 54.1 Å². The van der Waals surface area contributed by atoms with Crippen LogP contribution in [0.3, 0.4) is 0 Å². The number of aromatic nitrogens is 2. The lowest BCUT2D eigenvalue weighted by Gasteiger charge is -2.10. The van der Waals surface area contributed by atoms with Crippen LogP contribution in [0, 0.1) is 0 Å². The topological polar surface area (TPSA) is 99.2 Å². The number of rotatable bonds is 7. The van der Waals surface area contributed by atoms with Crippen LogP contribution in [0.5, 0.6) is 0 Å². The first-order chi connectivity index (χ1) is 11.9. The normalized spacial score (nSPS) is 10.4. The van der Waals surface area contributed by atoms with Crippen molar-refractivity contribution in [3.05, 3.63) is 42.1 Å². The molecule has 1 heterocycles. The molecule has 8 nitrogen and oxygen atoms in total. The Hall–Kier alpha value is -3.00. The molecule has 0 atom stereocenters. The highest BCUT2D eigenvalue weighted by Crippen LogP contribution is 2.18. The predicted molar refractivity (Wildman–Crippen MR) is 96.9 cm³/mol. The smallest absolute Gasteiger partial charge is 0.271 e. The molecule has 0 unspecified atom stereocenters. The highest BCUT2D eigenvalue weighted by molar-refractivity contribution is 5.92. The second-order valence-electron chi connectivity index (χ2n) is 5.75. The molecule has 8 heteroatoms. The Balaban J connectivity index is 1.96. The van der Waals surface area contributed by atoms with E-state index in [0.29, 0.717) is 18.1 Å². The summed E-state index contributed by atoms with van der Waals surface area (Å²) in [7, 11) is 3.88. The van der Waals surface area contributed by atoms with Crippen LogP contribution in [0.1, 0.15) is 17.4 Å². The molecule has 0 radical (unpaired) electrons. The van der Waals surface area contributed by atoms with Crippen molar-refractivity contribution in [3.8, 4) is 0 Å². The number of carbonyl (C=O) groups is 2. The first-order valence-electron chi connectivity index (χ1n) is 7.85. The number of hydrogen-bond donors (Lipinski definition) is 3.